The van der Waals surface area contributed by atoms with Crippen LogP contribution < -0.4 is 16.0 Å². The Kier molecular flexibility index (Phi) is 11.2. The second-order valence-electron chi connectivity index (χ2n) is 11.5. The van der Waals surface area contributed by atoms with Crippen molar-refractivity contribution in [3.05, 3.63) is 64.7 Å². The van der Waals surface area contributed by atoms with Crippen molar-refractivity contribution >= 4 is 41.3 Å². The Morgan fingerprint density at radius 1 is 1.00 bits per heavy atom. The summed E-state index contributed by atoms with van der Waals surface area (Å²) in [6, 6.07) is 13.8. The number of nitrogens with one attached hydrogen (secondary N) is 3. The van der Waals surface area contributed by atoms with Crippen molar-refractivity contribution in [3.8, 4) is 0 Å². The van der Waals surface area contributed by atoms with Crippen molar-refractivity contribution in [1.29, 1.82) is 0 Å². The molecule has 1 fully saturated rings. The van der Waals surface area contributed by atoms with Gasteiger partial charge in [-0.15, -0.1) is 0 Å². The predicted octanol–water partition coefficient (Wildman–Crippen LogP) is 5.29. The second kappa shape index (κ2) is 14.4. The largest absolute Gasteiger partial charge is 0.448 e. The molecule has 0 aromatic heterocycles. The highest BCUT2D eigenvalue weighted by Crippen LogP contribution is 2.33. The van der Waals surface area contributed by atoms with Crippen LogP contribution in [0.15, 0.2) is 48.5 Å². The van der Waals surface area contributed by atoms with Crippen LogP contribution in [0.5, 0.6) is 0 Å². The molecule has 42 heavy (non-hydrogen) atoms. The van der Waals surface area contributed by atoms with Crippen molar-refractivity contribution in [3.63, 3.8) is 0 Å². The summed E-state index contributed by atoms with van der Waals surface area (Å²) in [7, 11) is 0. The Morgan fingerprint density at radius 2 is 1.64 bits per heavy atom. The van der Waals surface area contributed by atoms with E-state index in [1.165, 1.54) is 0 Å². The number of piperidine rings is 1. The zero-order valence-corrected chi connectivity index (χ0v) is 25.7. The van der Waals surface area contributed by atoms with Gasteiger partial charge < -0.3 is 25.0 Å². The molecular weight excluding hydrogens is 560 g/mol. The molecule has 2 aromatic carbocycles. The summed E-state index contributed by atoms with van der Waals surface area (Å²) in [5, 5.41) is 8.74. The lowest BCUT2D eigenvalue weighted by atomic mass is 9.78. The number of alkyl carbamates (subject to hydrolysis) is 1. The minimum Gasteiger partial charge on any atom is -0.448 e. The van der Waals surface area contributed by atoms with Gasteiger partial charge in [0.05, 0.1) is 5.41 Å². The number of carbonyl (C=O) groups excluding carboxylic acids is 4. The molecule has 0 radical (unpaired) electrons. The van der Waals surface area contributed by atoms with E-state index in [4.69, 9.17) is 21.1 Å². The number of amides is 4. The van der Waals surface area contributed by atoms with Gasteiger partial charge in [0.2, 0.25) is 11.8 Å². The lowest BCUT2D eigenvalue weighted by Crippen LogP contribution is -2.55. The molecule has 1 atom stereocenters. The smallest absolute Gasteiger partial charge is 0.411 e. The van der Waals surface area contributed by atoms with E-state index in [0.717, 1.165) is 17.5 Å². The van der Waals surface area contributed by atoms with E-state index in [-0.39, 0.29) is 50.9 Å². The van der Waals surface area contributed by atoms with Crippen molar-refractivity contribution in [1.82, 2.24) is 15.5 Å². The number of hydrogen-bond donors (Lipinski definition) is 3. The summed E-state index contributed by atoms with van der Waals surface area (Å²) in [6.07, 6.45) is 0.0325. The van der Waals surface area contributed by atoms with Crippen LogP contribution in [-0.4, -0.2) is 60.2 Å². The van der Waals surface area contributed by atoms with Gasteiger partial charge in [-0.25, -0.2) is 9.59 Å². The first-order valence-corrected chi connectivity index (χ1v) is 14.5. The average molecular weight is 601 g/mol. The fraction of sp³-hybridized carbons (Fsp3) is 0.484. The van der Waals surface area contributed by atoms with Crippen LogP contribution in [0.25, 0.3) is 0 Å². The number of carbonyl (C=O) groups is 4. The highest BCUT2D eigenvalue weighted by molar-refractivity contribution is 6.31. The summed E-state index contributed by atoms with van der Waals surface area (Å²) in [5.41, 5.74) is 0.719. The lowest BCUT2D eigenvalue weighted by molar-refractivity contribution is -0.143. The molecule has 228 valence electrons. The molecule has 0 aliphatic carbocycles. The lowest BCUT2D eigenvalue weighted by Gasteiger charge is -2.40. The number of hydrogen-bond acceptors (Lipinski definition) is 6. The number of halogens is 1. The van der Waals surface area contributed by atoms with Crippen molar-refractivity contribution in [2.75, 3.05) is 25.0 Å². The van der Waals surface area contributed by atoms with E-state index >= 15 is 0 Å². The van der Waals surface area contributed by atoms with Crippen molar-refractivity contribution in [2.45, 2.75) is 72.1 Å². The topological polar surface area (TPSA) is 126 Å². The second-order valence-corrected chi connectivity index (χ2v) is 11.9. The molecule has 1 aliphatic heterocycles. The molecule has 3 rings (SSSR count). The van der Waals surface area contributed by atoms with E-state index in [1.807, 2.05) is 37.3 Å². The molecule has 1 heterocycles. The van der Waals surface area contributed by atoms with Crippen LogP contribution >= 0.6 is 11.6 Å². The number of likely N-dealkylation sites (tertiary alicyclic amines) is 1. The van der Waals surface area contributed by atoms with Gasteiger partial charge in [0, 0.05) is 30.3 Å². The molecule has 3 N–H and O–H groups in total. The molecular formula is C31H41ClN4O6. The van der Waals surface area contributed by atoms with Gasteiger partial charge >= 0.3 is 12.2 Å². The summed E-state index contributed by atoms with van der Waals surface area (Å²) in [6.45, 7) is 9.36. The summed E-state index contributed by atoms with van der Waals surface area (Å²) in [4.78, 5) is 53.1. The van der Waals surface area contributed by atoms with E-state index in [0.29, 0.717) is 10.7 Å². The molecule has 1 aliphatic rings. The van der Waals surface area contributed by atoms with E-state index < -0.39 is 29.2 Å². The third kappa shape index (κ3) is 9.37. The van der Waals surface area contributed by atoms with Crippen LogP contribution in [0.3, 0.4) is 0 Å². The van der Waals surface area contributed by atoms with Crippen LogP contribution in [0, 0.1) is 5.41 Å². The number of nitrogens with zero attached hydrogens (tertiary/aromatic N) is 1. The van der Waals surface area contributed by atoms with Gasteiger partial charge in [-0.05, 0) is 76.3 Å². The number of benzene rings is 2. The van der Waals surface area contributed by atoms with Crippen LogP contribution in [0.2, 0.25) is 5.02 Å². The zero-order valence-electron chi connectivity index (χ0n) is 24.9. The average Bonchev–Trinajstić information content (AvgIpc) is 2.94. The molecule has 0 unspecified atom stereocenters. The normalized spacial score (nSPS) is 15.2. The molecule has 11 heteroatoms. The minimum absolute atomic E-state index is 0.173. The highest BCUT2D eigenvalue weighted by Gasteiger charge is 2.44. The number of aryl methyl sites for hydroxylation is 1. The third-order valence-electron chi connectivity index (χ3n) is 7.10. The van der Waals surface area contributed by atoms with Gasteiger partial charge in [-0.3, -0.25) is 14.9 Å². The Labute approximate surface area is 252 Å². The number of ether oxygens (including phenoxy) is 2. The Balaban J connectivity index is 1.66. The summed E-state index contributed by atoms with van der Waals surface area (Å²) >= 11 is 6.27. The maximum absolute atomic E-state index is 13.6. The SMILES string of the molecule is CCc1ccc(NC(=O)OCC2(C(=O)NCc3ccccc3Cl)CCN(C(=O)[C@H](C)NC(=O)OC(C)(C)C)CC2)cc1. The summed E-state index contributed by atoms with van der Waals surface area (Å²) in [5.74, 6) is -0.588. The van der Waals surface area contributed by atoms with Gasteiger partial charge in [0.15, 0.2) is 0 Å². The van der Waals surface area contributed by atoms with Crippen LogP contribution in [-0.2, 0) is 32.0 Å². The monoisotopic (exact) mass is 600 g/mol. The first kappa shape index (κ1) is 32.7. The maximum Gasteiger partial charge on any atom is 0.411 e. The predicted molar refractivity (Wildman–Crippen MR) is 161 cm³/mol. The number of rotatable bonds is 9. The van der Waals surface area contributed by atoms with Gasteiger partial charge in [0.25, 0.3) is 0 Å². The minimum atomic E-state index is -1.07. The van der Waals surface area contributed by atoms with E-state index in [2.05, 4.69) is 16.0 Å². The fourth-order valence-electron chi connectivity index (χ4n) is 4.60. The first-order chi connectivity index (χ1) is 19.8. The highest BCUT2D eigenvalue weighted by atomic mass is 35.5. The zero-order chi connectivity index (χ0) is 30.9. The standard InChI is InChI=1S/C31H41ClN4O6/c1-6-22-11-13-24(14-12-22)35-28(39)41-20-31(27(38)33-19-23-9-7-8-10-25(23)32)15-17-36(18-16-31)26(37)21(2)34-29(40)42-30(3,4)5/h7-14,21H,6,15-20H2,1-5H3,(H,33,38)(H,34,40)(H,35,39)/t21-/m0/s1. The molecule has 1 saturated heterocycles. The molecule has 4 amide bonds. The molecule has 0 spiro atoms. The Morgan fingerprint density at radius 3 is 2.24 bits per heavy atom. The van der Waals surface area contributed by atoms with Crippen molar-refractivity contribution < 1.29 is 28.7 Å². The molecule has 10 nitrogen and oxygen atoms in total. The Hall–Kier alpha value is -3.79. The fourth-order valence-corrected chi connectivity index (χ4v) is 4.80. The quantitative estimate of drug-likeness (QED) is 0.359. The molecule has 2 aromatic rings. The third-order valence-corrected chi connectivity index (χ3v) is 7.47. The summed E-state index contributed by atoms with van der Waals surface area (Å²) < 4.78 is 10.8. The van der Waals surface area contributed by atoms with E-state index in [9.17, 15) is 19.2 Å². The molecule has 0 saturated carbocycles. The number of anilines is 1. The van der Waals surface area contributed by atoms with Gasteiger partial charge in [0.1, 0.15) is 18.2 Å². The maximum atomic E-state index is 13.6. The van der Waals surface area contributed by atoms with Gasteiger partial charge in [-0.2, -0.15) is 0 Å². The van der Waals surface area contributed by atoms with Gasteiger partial charge in [-0.1, -0.05) is 48.9 Å². The van der Waals surface area contributed by atoms with Crippen molar-refractivity contribution in [2.24, 2.45) is 5.41 Å². The first-order valence-electron chi connectivity index (χ1n) is 14.1. The van der Waals surface area contributed by atoms with E-state index in [1.54, 1.807) is 50.8 Å². The molecule has 0 bridgehead atoms. The Bertz CT molecular complexity index is 1250. The van der Waals surface area contributed by atoms with Crippen LogP contribution in [0.1, 0.15) is 58.6 Å². The van der Waals surface area contributed by atoms with Crippen LogP contribution in [0.4, 0.5) is 15.3 Å².